The van der Waals surface area contributed by atoms with Gasteiger partial charge in [-0.15, -0.1) is 0 Å². The molecule has 2 atom stereocenters. The molecule has 1 N–H and O–H groups in total. The third-order valence-electron chi connectivity index (χ3n) is 4.89. The van der Waals surface area contributed by atoms with Crippen molar-refractivity contribution in [3.63, 3.8) is 0 Å². The Balaban J connectivity index is 1.70. The molecule has 2 unspecified atom stereocenters. The fourth-order valence-corrected chi connectivity index (χ4v) is 3.77. The zero-order valence-electron chi connectivity index (χ0n) is 12.5. The minimum atomic E-state index is 0.771. The van der Waals surface area contributed by atoms with Gasteiger partial charge in [0.25, 0.3) is 0 Å². The highest BCUT2D eigenvalue weighted by molar-refractivity contribution is 4.84. The fraction of sp³-hybridized carbons (Fsp3) is 1.00. The van der Waals surface area contributed by atoms with Crippen molar-refractivity contribution in [1.82, 2.24) is 10.2 Å². The summed E-state index contributed by atoms with van der Waals surface area (Å²) in [4.78, 5) is 2.74. The molecule has 106 valence electrons. The Morgan fingerprint density at radius 1 is 1.11 bits per heavy atom. The average Bonchev–Trinajstić information content (AvgIpc) is 2.39. The van der Waals surface area contributed by atoms with E-state index in [1.54, 1.807) is 0 Å². The second kappa shape index (κ2) is 7.49. The van der Waals surface area contributed by atoms with Crippen LogP contribution in [0.15, 0.2) is 0 Å². The van der Waals surface area contributed by atoms with Crippen molar-refractivity contribution in [2.24, 2.45) is 11.8 Å². The molecule has 18 heavy (non-hydrogen) atoms. The van der Waals surface area contributed by atoms with Gasteiger partial charge in [-0.2, -0.15) is 0 Å². The highest BCUT2D eigenvalue weighted by atomic mass is 15.1. The first kappa shape index (κ1) is 14.3. The molecule has 0 radical (unpaired) electrons. The number of hydrogen-bond acceptors (Lipinski definition) is 2. The topological polar surface area (TPSA) is 15.3 Å². The van der Waals surface area contributed by atoms with E-state index in [9.17, 15) is 0 Å². The van der Waals surface area contributed by atoms with E-state index in [1.807, 2.05) is 0 Å². The summed E-state index contributed by atoms with van der Waals surface area (Å²) in [5, 5.41) is 3.72. The summed E-state index contributed by atoms with van der Waals surface area (Å²) in [6.45, 7) is 9.90. The smallest absolute Gasteiger partial charge is 0.0117 e. The third kappa shape index (κ3) is 4.24. The molecule has 0 spiro atoms. The molecule has 1 aliphatic carbocycles. The molecular formula is C16H32N2. The van der Waals surface area contributed by atoms with E-state index in [0.717, 1.165) is 17.9 Å². The van der Waals surface area contributed by atoms with Crippen molar-refractivity contribution in [2.75, 3.05) is 26.2 Å². The molecular weight excluding hydrogens is 220 g/mol. The van der Waals surface area contributed by atoms with E-state index in [-0.39, 0.29) is 0 Å². The van der Waals surface area contributed by atoms with Crippen molar-refractivity contribution in [2.45, 2.75) is 64.8 Å². The first-order valence-electron chi connectivity index (χ1n) is 8.25. The van der Waals surface area contributed by atoms with E-state index in [0.29, 0.717) is 0 Å². The molecule has 1 saturated carbocycles. The van der Waals surface area contributed by atoms with Crippen molar-refractivity contribution >= 4 is 0 Å². The van der Waals surface area contributed by atoms with E-state index in [1.165, 1.54) is 71.1 Å². The van der Waals surface area contributed by atoms with Crippen LogP contribution in [0, 0.1) is 11.8 Å². The van der Waals surface area contributed by atoms with Gasteiger partial charge in [0.05, 0.1) is 0 Å². The monoisotopic (exact) mass is 252 g/mol. The van der Waals surface area contributed by atoms with Crippen LogP contribution in [0.2, 0.25) is 0 Å². The van der Waals surface area contributed by atoms with Gasteiger partial charge in [-0.25, -0.2) is 0 Å². The molecule has 1 heterocycles. The van der Waals surface area contributed by atoms with Crippen LogP contribution in [-0.2, 0) is 0 Å². The van der Waals surface area contributed by atoms with Crippen molar-refractivity contribution in [1.29, 1.82) is 0 Å². The third-order valence-corrected chi connectivity index (χ3v) is 4.89. The Bertz CT molecular complexity index is 223. The number of likely N-dealkylation sites (tertiary alicyclic amines) is 1. The lowest BCUT2D eigenvalue weighted by Gasteiger charge is -2.39. The van der Waals surface area contributed by atoms with E-state index in [4.69, 9.17) is 0 Å². The SMILES string of the molecule is CCCNC1CCN(CC2CCCCC2)CC1C. The van der Waals surface area contributed by atoms with Gasteiger partial charge >= 0.3 is 0 Å². The molecule has 0 aromatic heterocycles. The van der Waals surface area contributed by atoms with Crippen molar-refractivity contribution < 1.29 is 0 Å². The quantitative estimate of drug-likeness (QED) is 0.808. The maximum Gasteiger partial charge on any atom is 0.0117 e. The van der Waals surface area contributed by atoms with Gasteiger partial charge in [-0.05, 0) is 50.6 Å². The lowest BCUT2D eigenvalue weighted by molar-refractivity contribution is 0.119. The molecule has 2 aliphatic rings. The Morgan fingerprint density at radius 2 is 1.89 bits per heavy atom. The minimum Gasteiger partial charge on any atom is -0.314 e. The van der Waals surface area contributed by atoms with Gasteiger partial charge in [-0.3, -0.25) is 0 Å². The van der Waals surface area contributed by atoms with Crippen molar-refractivity contribution in [3.8, 4) is 0 Å². The lowest BCUT2D eigenvalue weighted by Crippen LogP contribution is -2.49. The molecule has 0 aromatic rings. The van der Waals surface area contributed by atoms with Crippen LogP contribution in [0.25, 0.3) is 0 Å². The molecule has 1 saturated heterocycles. The maximum absolute atomic E-state index is 3.72. The normalized spacial score (nSPS) is 31.7. The lowest BCUT2D eigenvalue weighted by atomic mass is 9.87. The fourth-order valence-electron chi connectivity index (χ4n) is 3.77. The van der Waals surface area contributed by atoms with Gasteiger partial charge in [0.15, 0.2) is 0 Å². The summed E-state index contributed by atoms with van der Waals surface area (Å²) < 4.78 is 0. The highest BCUT2D eigenvalue weighted by Gasteiger charge is 2.27. The standard InChI is InChI=1S/C16H32N2/c1-3-10-17-16-9-11-18(12-14(16)2)13-15-7-5-4-6-8-15/h14-17H,3-13H2,1-2H3. The molecule has 2 rings (SSSR count). The molecule has 0 aromatic carbocycles. The first-order valence-corrected chi connectivity index (χ1v) is 8.25. The molecule has 0 amide bonds. The second-order valence-electron chi connectivity index (χ2n) is 6.59. The Labute approximate surface area is 114 Å². The summed E-state index contributed by atoms with van der Waals surface area (Å²) in [7, 11) is 0. The predicted octanol–water partition coefficient (Wildman–Crippen LogP) is 3.28. The Morgan fingerprint density at radius 3 is 2.56 bits per heavy atom. The highest BCUT2D eigenvalue weighted by Crippen LogP contribution is 2.26. The molecule has 1 aliphatic heterocycles. The summed E-state index contributed by atoms with van der Waals surface area (Å²) in [6.07, 6.45) is 10.0. The number of nitrogens with zero attached hydrogens (tertiary/aromatic N) is 1. The Kier molecular flexibility index (Phi) is 5.97. The van der Waals surface area contributed by atoms with Gasteiger partial charge in [-0.1, -0.05) is 33.1 Å². The summed E-state index contributed by atoms with van der Waals surface area (Å²) in [5.74, 6) is 1.83. The number of nitrogens with one attached hydrogen (secondary N) is 1. The minimum absolute atomic E-state index is 0.771. The van der Waals surface area contributed by atoms with Crippen LogP contribution in [0.1, 0.15) is 58.8 Å². The summed E-state index contributed by atoms with van der Waals surface area (Å²) in [5.41, 5.74) is 0. The molecule has 2 fully saturated rings. The van der Waals surface area contributed by atoms with Crippen LogP contribution < -0.4 is 5.32 Å². The zero-order chi connectivity index (χ0) is 12.8. The van der Waals surface area contributed by atoms with E-state index in [2.05, 4.69) is 24.1 Å². The Hall–Kier alpha value is -0.0800. The van der Waals surface area contributed by atoms with Crippen molar-refractivity contribution in [3.05, 3.63) is 0 Å². The van der Waals surface area contributed by atoms with Crippen LogP contribution in [0.4, 0.5) is 0 Å². The molecule has 0 bridgehead atoms. The number of hydrogen-bond donors (Lipinski definition) is 1. The van der Waals surface area contributed by atoms with Gasteiger partial charge in [0.1, 0.15) is 0 Å². The largest absolute Gasteiger partial charge is 0.314 e. The molecule has 2 nitrogen and oxygen atoms in total. The zero-order valence-corrected chi connectivity index (χ0v) is 12.5. The first-order chi connectivity index (χ1) is 8.79. The summed E-state index contributed by atoms with van der Waals surface area (Å²) in [6, 6.07) is 0.771. The van der Waals surface area contributed by atoms with Gasteiger partial charge in [0.2, 0.25) is 0 Å². The average molecular weight is 252 g/mol. The number of rotatable bonds is 5. The van der Waals surface area contributed by atoms with Crippen LogP contribution in [0.3, 0.4) is 0 Å². The summed E-state index contributed by atoms with van der Waals surface area (Å²) >= 11 is 0. The second-order valence-corrected chi connectivity index (χ2v) is 6.59. The maximum atomic E-state index is 3.72. The molecule has 2 heteroatoms. The van der Waals surface area contributed by atoms with E-state index < -0.39 is 0 Å². The van der Waals surface area contributed by atoms with Gasteiger partial charge < -0.3 is 10.2 Å². The van der Waals surface area contributed by atoms with Gasteiger partial charge in [0, 0.05) is 19.1 Å². The van der Waals surface area contributed by atoms with Crippen LogP contribution in [0.5, 0.6) is 0 Å². The van der Waals surface area contributed by atoms with E-state index >= 15 is 0 Å². The van der Waals surface area contributed by atoms with Crippen LogP contribution >= 0.6 is 0 Å². The number of piperidine rings is 1. The van der Waals surface area contributed by atoms with Crippen LogP contribution in [-0.4, -0.2) is 37.1 Å². The predicted molar refractivity (Wildman–Crippen MR) is 78.9 cm³/mol.